The zero-order chi connectivity index (χ0) is 21.1. The molecule has 7 nitrogen and oxygen atoms in total. The van der Waals surface area contributed by atoms with Gasteiger partial charge in [-0.25, -0.2) is 4.79 Å². The van der Waals surface area contributed by atoms with Gasteiger partial charge in [0.05, 0.1) is 0 Å². The lowest BCUT2D eigenvalue weighted by atomic mass is 10.2. The molecule has 4 rings (SSSR count). The number of nitrogens with zero attached hydrogens (tertiary/aromatic N) is 3. The highest BCUT2D eigenvalue weighted by Gasteiger charge is 2.34. The molecule has 1 aromatic heterocycles. The van der Waals surface area contributed by atoms with Crippen LogP contribution in [0.5, 0.6) is 0 Å². The van der Waals surface area contributed by atoms with Crippen LogP contribution < -0.4 is 10.6 Å². The van der Waals surface area contributed by atoms with Crippen molar-refractivity contribution in [1.82, 2.24) is 15.1 Å². The molecule has 0 radical (unpaired) electrons. The molecule has 1 unspecified atom stereocenters. The number of carbonyl (C=O) groups is 2. The Bertz CT molecular complexity index is 1070. The molecule has 1 atom stereocenters. The second-order valence-corrected chi connectivity index (χ2v) is 8.95. The van der Waals surface area contributed by atoms with E-state index in [1.807, 2.05) is 55.5 Å². The number of nitrogens with one attached hydrogen (secondary N) is 2. The standard InChI is InChI=1S/C21H20BrN5O2S/c1-13-4-2-5-16(12-13)23-21(29)27-11-3-6-17(27)18(28)24-20-26-25-19(30-20)14-7-9-15(22)10-8-14/h2,4-5,7-10,12,17H,3,6,11H2,1H3,(H,23,29)(H,24,26,28). The number of urea groups is 1. The lowest BCUT2D eigenvalue weighted by molar-refractivity contribution is -0.119. The summed E-state index contributed by atoms with van der Waals surface area (Å²) < 4.78 is 0.981. The van der Waals surface area contributed by atoms with Crippen molar-refractivity contribution in [2.75, 3.05) is 17.2 Å². The van der Waals surface area contributed by atoms with E-state index in [2.05, 4.69) is 36.8 Å². The van der Waals surface area contributed by atoms with Crippen LogP contribution in [0.4, 0.5) is 15.6 Å². The summed E-state index contributed by atoms with van der Waals surface area (Å²) in [6.45, 7) is 2.50. The summed E-state index contributed by atoms with van der Waals surface area (Å²) in [5.74, 6) is -0.245. The van der Waals surface area contributed by atoms with Crippen molar-refractivity contribution in [1.29, 1.82) is 0 Å². The Morgan fingerprint density at radius 1 is 1.13 bits per heavy atom. The van der Waals surface area contributed by atoms with E-state index in [0.29, 0.717) is 23.8 Å². The van der Waals surface area contributed by atoms with Gasteiger partial charge in [-0.1, -0.05) is 51.5 Å². The van der Waals surface area contributed by atoms with Crippen LogP contribution in [0.15, 0.2) is 53.0 Å². The van der Waals surface area contributed by atoms with Crippen LogP contribution in [0.1, 0.15) is 18.4 Å². The van der Waals surface area contributed by atoms with Gasteiger partial charge in [-0.3, -0.25) is 10.1 Å². The number of aromatic nitrogens is 2. The summed E-state index contributed by atoms with van der Waals surface area (Å²) >= 11 is 4.71. The number of hydrogen-bond acceptors (Lipinski definition) is 5. The first-order valence-electron chi connectivity index (χ1n) is 9.54. The molecular weight excluding hydrogens is 466 g/mol. The highest BCUT2D eigenvalue weighted by atomic mass is 79.9. The monoisotopic (exact) mass is 485 g/mol. The fourth-order valence-electron chi connectivity index (χ4n) is 3.37. The number of likely N-dealkylation sites (tertiary alicyclic amines) is 1. The molecule has 2 N–H and O–H groups in total. The Labute approximate surface area is 186 Å². The molecule has 1 saturated heterocycles. The van der Waals surface area contributed by atoms with E-state index in [1.165, 1.54) is 11.3 Å². The van der Waals surface area contributed by atoms with Crippen molar-refractivity contribution < 1.29 is 9.59 Å². The predicted molar refractivity (Wildman–Crippen MR) is 122 cm³/mol. The number of benzene rings is 2. The first-order chi connectivity index (χ1) is 14.5. The topological polar surface area (TPSA) is 87.2 Å². The second-order valence-electron chi connectivity index (χ2n) is 7.06. The third-order valence-electron chi connectivity index (χ3n) is 4.83. The predicted octanol–water partition coefficient (Wildman–Crippen LogP) is 4.91. The second kappa shape index (κ2) is 8.93. The SMILES string of the molecule is Cc1cccc(NC(=O)N2CCCC2C(=O)Nc2nnc(-c3ccc(Br)cc3)s2)c1. The van der Waals surface area contributed by atoms with E-state index >= 15 is 0 Å². The highest BCUT2D eigenvalue weighted by Crippen LogP contribution is 2.28. The molecule has 3 aromatic rings. The average Bonchev–Trinajstić information content (AvgIpc) is 3.38. The Morgan fingerprint density at radius 3 is 2.70 bits per heavy atom. The van der Waals surface area contributed by atoms with Crippen LogP contribution >= 0.6 is 27.3 Å². The quantitative estimate of drug-likeness (QED) is 0.549. The minimum atomic E-state index is -0.533. The van der Waals surface area contributed by atoms with Crippen molar-refractivity contribution in [2.24, 2.45) is 0 Å². The van der Waals surface area contributed by atoms with Crippen LogP contribution in [0.2, 0.25) is 0 Å². The summed E-state index contributed by atoms with van der Waals surface area (Å²) in [4.78, 5) is 27.1. The highest BCUT2D eigenvalue weighted by molar-refractivity contribution is 9.10. The van der Waals surface area contributed by atoms with E-state index < -0.39 is 6.04 Å². The van der Waals surface area contributed by atoms with Gasteiger partial charge in [-0.2, -0.15) is 0 Å². The molecule has 0 bridgehead atoms. The van der Waals surface area contributed by atoms with Gasteiger partial charge >= 0.3 is 6.03 Å². The summed E-state index contributed by atoms with van der Waals surface area (Å²) in [6, 6.07) is 14.5. The van der Waals surface area contributed by atoms with Gasteiger partial charge < -0.3 is 10.2 Å². The van der Waals surface area contributed by atoms with Gasteiger partial charge in [0.2, 0.25) is 11.0 Å². The Morgan fingerprint density at radius 2 is 1.93 bits per heavy atom. The number of anilines is 2. The Hall–Kier alpha value is -2.78. The fourth-order valence-corrected chi connectivity index (χ4v) is 4.39. The Balaban J connectivity index is 1.41. The minimum absolute atomic E-state index is 0.245. The molecule has 9 heteroatoms. The molecule has 2 heterocycles. The lowest BCUT2D eigenvalue weighted by Gasteiger charge is -2.23. The summed E-state index contributed by atoms with van der Waals surface area (Å²) in [6.07, 6.45) is 1.39. The van der Waals surface area contributed by atoms with Gasteiger partial charge in [0.1, 0.15) is 11.0 Å². The smallest absolute Gasteiger partial charge is 0.312 e. The van der Waals surface area contributed by atoms with Gasteiger partial charge in [0, 0.05) is 22.3 Å². The molecule has 3 amide bonds. The first-order valence-corrected chi connectivity index (χ1v) is 11.1. The van der Waals surface area contributed by atoms with E-state index in [4.69, 9.17) is 0 Å². The maximum atomic E-state index is 12.8. The van der Waals surface area contributed by atoms with Gasteiger partial charge in [0.25, 0.3) is 0 Å². The largest absolute Gasteiger partial charge is 0.322 e. The number of rotatable bonds is 4. The number of hydrogen-bond donors (Lipinski definition) is 2. The van der Waals surface area contributed by atoms with E-state index in [0.717, 1.165) is 27.0 Å². The number of amides is 3. The number of carbonyl (C=O) groups excluding carboxylic acids is 2. The molecular formula is C21H20BrN5O2S. The number of halogens is 1. The third kappa shape index (κ3) is 4.68. The molecule has 0 saturated carbocycles. The molecule has 2 aromatic carbocycles. The van der Waals surface area contributed by atoms with Crippen LogP contribution in [-0.4, -0.2) is 39.6 Å². The van der Waals surface area contributed by atoms with Crippen LogP contribution in [0, 0.1) is 6.92 Å². The van der Waals surface area contributed by atoms with Crippen molar-refractivity contribution in [2.45, 2.75) is 25.8 Å². The zero-order valence-electron chi connectivity index (χ0n) is 16.3. The molecule has 154 valence electrons. The van der Waals surface area contributed by atoms with Gasteiger partial charge in [0.15, 0.2) is 0 Å². The van der Waals surface area contributed by atoms with Crippen molar-refractivity contribution in [3.63, 3.8) is 0 Å². The first kappa shape index (κ1) is 20.5. The van der Waals surface area contributed by atoms with Crippen LogP contribution in [0.25, 0.3) is 10.6 Å². The maximum Gasteiger partial charge on any atom is 0.322 e. The van der Waals surface area contributed by atoms with E-state index in [-0.39, 0.29) is 11.9 Å². The van der Waals surface area contributed by atoms with Gasteiger partial charge in [-0.15, -0.1) is 10.2 Å². The maximum absolute atomic E-state index is 12.8. The lowest BCUT2D eigenvalue weighted by Crippen LogP contribution is -2.45. The van der Waals surface area contributed by atoms with E-state index in [1.54, 1.807) is 4.90 Å². The van der Waals surface area contributed by atoms with Crippen LogP contribution in [0.3, 0.4) is 0 Å². The zero-order valence-corrected chi connectivity index (χ0v) is 18.7. The molecule has 1 aliphatic rings. The van der Waals surface area contributed by atoms with Crippen molar-refractivity contribution in [3.05, 3.63) is 58.6 Å². The summed E-state index contributed by atoms with van der Waals surface area (Å²) in [5, 5.41) is 15.1. The summed E-state index contributed by atoms with van der Waals surface area (Å²) in [7, 11) is 0. The van der Waals surface area contributed by atoms with Crippen molar-refractivity contribution in [3.8, 4) is 10.6 Å². The molecule has 0 spiro atoms. The molecule has 30 heavy (non-hydrogen) atoms. The molecule has 1 fully saturated rings. The normalized spacial score (nSPS) is 15.8. The van der Waals surface area contributed by atoms with Crippen molar-refractivity contribution >= 4 is 50.0 Å². The average molecular weight is 486 g/mol. The Kier molecular flexibility index (Phi) is 6.10. The van der Waals surface area contributed by atoms with Gasteiger partial charge in [-0.05, 0) is 49.6 Å². The van der Waals surface area contributed by atoms with E-state index in [9.17, 15) is 9.59 Å². The fraction of sp³-hybridized carbons (Fsp3) is 0.238. The van der Waals surface area contributed by atoms with Crippen LogP contribution in [-0.2, 0) is 4.79 Å². The summed E-state index contributed by atoms with van der Waals surface area (Å²) in [5.41, 5.74) is 2.70. The number of aryl methyl sites for hydroxylation is 1. The third-order valence-corrected chi connectivity index (χ3v) is 6.25. The molecule has 0 aliphatic carbocycles. The molecule has 1 aliphatic heterocycles. The minimum Gasteiger partial charge on any atom is -0.312 e.